The Morgan fingerprint density at radius 1 is 1.25 bits per heavy atom. The maximum atomic E-state index is 12.8. The van der Waals surface area contributed by atoms with Gasteiger partial charge in [0.15, 0.2) is 5.83 Å². The van der Waals surface area contributed by atoms with E-state index in [-0.39, 0.29) is 10.6 Å². The average molecular weight is 167 g/mol. The van der Waals surface area contributed by atoms with Gasteiger partial charge in [-0.2, -0.15) is 0 Å². The number of rotatable bonds is 0. The normalized spacial score (nSPS) is 14.5. The van der Waals surface area contributed by atoms with Gasteiger partial charge in [-0.15, -0.1) is 0 Å². The Morgan fingerprint density at radius 2 is 2.00 bits per heavy atom. The molecule has 0 saturated heterocycles. The molecule has 0 fully saturated rings. The second-order valence-corrected chi connectivity index (χ2v) is 2.37. The van der Waals surface area contributed by atoms with Gasteiger partial charge in [0.1, 0.15) is 11.2 Å². The summed E-state index contributed by atoms with van der Waals surface area (Å²) in [6.07, 6.45) is 0. The van der Waals surface area contributed by atoms with Gasteiger partial charge in [0.05, 0.1) is 0 Å². The quantitative estimate of drug-likeness (QED) is 0.537. The van der Waals surface area contributed by atoms with E-state index in [2.05, 4.69) is 4.99 Å². The third-order valence-electron chi connectivity index (χ3n) is 1.62. The Bertz CT molecular complexity index is 478. The van der Waals surface area contributed by atoms with E-state index in [1.807, 2.05) is 0 Å². The van der Waals surface area contributed by atoms with Crippen molar-refractivity contribution in [1.29, 1.82) is 0 Å². The van der Waals surface area contributed by atoms with Crippen molar-refractivity contribution in [2.45, 2.75) is 0 Å². The van der Waals surface area contributed by atoms with Crippen LogP contribution in [0.3, 0.4) is 0 Å². The van der Waals surface area contributed by atoms with Gasteiger partial charge in [0.2, 0.25) is 0 Å². The largest absolute Gasteiger partial charge is 0.307 e. The zero-order valence-corrected chi connectivity index (χ0v) is 5.84. The molecule has 1 aromatic carbocycles. The van der Waals surface area contributed by atoms with Gasteiger partial charge < -0.3 is 0 Å². The molecule has 2 nitrogen and oxygen atoms in total. The van der Waals surface area contributed by atoms with Crippen LogP contribution in [0.2, 0.25) is 0 Å². The first-order valence-electron chi connectivity index (χ1n) is 3.27. The average Bonchev–Trinajstić information content (AvgIpc) is 2.32. The Hall–Kier alpha value is -1.58. The monoisotopic (exact) mass is 167 g/mol. The molecule has 0 saturated carbocycles. The lowest BCUT2D eigenvalue weighted by Crippen LogP contribution is -2.25. The van der Waals surface area contributed by atoms with Crippen LogP contribution in [-0.2, 0) is 4.79 Å². The number of para-hydroxylation sites is 1. The van der Waals surface area contributed by atoms with E-state index in [4.69, 9.17) is 0 Å². The van der Waals surface area contributed by atoms with E-state index < -0.39 is 17.6 Å². The van der Waals surface area contributed by atoms with Crippen LogP contribution >= 0.6 is 0 Å². The molecule has 0 aromatic heterocycles. The molecule has 2 rings (SSSR count). The summed E-state index contributed by atoms with van der Waals surface area (Å²) in [5.74, 6) is -2.66. The van der Waals surface area contributed by atoms with Gasteiger partial charge in [0.25, 0.3) is 0 Å². The maximum absolute atomic E-state index is 12.8. The molecule has 0 N–H and O–H groups in total. The molecule has 0 atom stereocenters. The van der Waals surface area contributed by atoms with Crippen LogP contribution in [0.25, 0.3) is 5.83 Å². The summed E-state index contributed by atoms with van der Waals surface area (Å²) in [6.45, 7) is 0. The highest BCUT2D eigenvalue weighted by molar-refractivity contribution is 6.12. The molecule has 0 radical (unpaired) electrons. The summed E-state index contributed by atoms with van der Waals surface area (Å²) in [5.41, 5.74) is 0. The van der Waals surface area contributed by atoms with Crippen LogP contribution < -0.4 is 10.6 Å². The van der Waals surface area contributed by atoms with Gasteiger partial charge in [-0.1, -0.05) is 6.07 Å². The molecule has 1 aliphatic heterocycles. The minimum atomic E-state index is -1.00. The molecule has 60 valence electrons. The number of halogens is 2. The lowest BCUT2D eigenvalue weighted by Gasteiger charge is -1.84. The summed E-state index contributed by atoms with van der Waals surface area (Å²) < 4.78 is 25.6. The Kier molecular flexibility index (Phi) is 1.30. The summed E-state index contributed by atoms with van der Waals surface area (Å²) in [7, 11) is 0. The van der Waals surface area contributed by atoms with Crippen LogP contribution in [0.5, 0.6) is 0 Å². The van der Waals surface area contributed by atoms with Crippen molar-refractivity contribution < 1.29 is 13.6 Å². The number of hydrogen-bond donors (Lipinski definition) is 0. The first-order valence-corrected chi connectivity index (χ1v) is 3.27. The molecule has 1 aliphatic rings. The molecule has 0 bridgehead atoms. The van der Waals surface area contributed by atoms with Crippen molar-refractivity contribution in [3.8, 4) is 0 Å². The van der Waals surface area contributed by atoms with Crippen molar-refractivity contribution in [3.63, 3.8) is 0 Å². The summed E-state index contributed by atoms with van der Waals surface area (Å²) in [4.78, 5) is 13.8. The van der Waals surface area contributed by atoms with Gasteiger partial charge >= 0.3 is 5.91 Å². The number of hydrogen-bond acceptors (Lipinski definition) is 1. The Labute approximate surface area is 65.9 Å². The first kappa shape index (κ1) is 7.09. The minimum absolute atomic E-state index is 0.0556. The van der Waals surface area contributed by atoms with E-state index >= 15 is 0 Å². The predicted octanol–water partition coefficient (Wildman–Crippen LogP) is 0.0632. The Morgan fingerprint density at radius 3 is 2.67 bits per heavy atom. The highest BCUT2D eigenvalue weighted by Gasteiger charge is 2.17. The summed E-state index contributed by atoms with van der Waals surface area (Å²) in [5, 5.41) is -0.250. The first-order chi connectivity index (χ1) is 5.70. The lowest BCUT2D eigenvalue weighted by molar-refractivity contribution is -0.113. The van der Waals surface area contributed by atoms with Gasteiger partial charge in [-0.25, -0.2) is 13.8 Å². The molecule has 0 unspecified atom stereocenters. The molecular weight excluding hydrogens is 164 g/mol. The van der Waals surface area contributed by atoms with Crippen LogP contribution in [0.15, 0.2) is 23.2 Å². The zero-order valence-electron chi connectivity index (χ0n) is 5.84. The van der Waals surface area contributed by atoms with Crippen molar-refractivity contribution in [2.24, 2.45) is 4.99 Å². The van der Waals surface area contributed by atoms with Crippen LogP contribution in [-0.4, -0.2) is 5.91 Å². The molecule has 0 aliphatic carbocycles. The molecular formula is C8H3F2NO. The van der Waals surface area contributed by atoms with Gasteiger partial charge in [-0.3, -0.25) is 4.79 Å². The number of nitrogens with zero attached hydrogens (tertiary/aromatic N) is 1. The van der Waals surface area contributed by atoms with Crippen molar-refractivity contribution in [3.05, 3.63) is 34.6 Å². The summed E-state index contributed by atoms with van der Waals surface area (Å²) >= 11 is 0. The highest BCUT2D eigenvalue weighted by atomic mass is 19.1. The third kappa shape index (κ3) is 0.777. The third-order valence-corrected chi connectivity index (χ3v) is 1.62. The highest BCUT2D eigenvalue weighted by Crippen LogP contribution is 2.01. The molecule has 1 amide bonds. The van der Waals surface area contributed by atoms with Crippen molar-refractivity contribution in [1.82, 2.24) is 0 Å². The van der Waals surface area contributed by atoms with Gasteiger partial charge in [-0.05, 0) is 12.1 Å². The fourth-order valence-electron chi connectivity index (χ4n) is 1.07. The number of carbonyl (C=O) groups excluding carboxylic acids is 1. The topological polar surface area (TPSA) is 29.4 Å². The second-order valence-electron chi connectivity index (χ2n) is 2.37. The predicted molar refractivity (Wildman–Crippen MR) is 36.7 cm³/mol. The summed E-state index contributed by atoms with van der Waals surface area (Å²) in [6, 6.07) is 3.79. The number of fused-ring (bicyclic) bond motifs is 1. The number of benzene rings is 1. The molecule has 0 spiro atoms. The number of amides is 1. The van der Waals surface area contributed by atoms with Crippen LogP contribution in [0.1, 0.15) is 0 Å². The van der Waals surface area contributed by atoms with E-state index in [9.17, 15) is 13.6 Å². The van der Waals surface area contributed by atoms with Crippen LogP contribution in [0, 0.1) is 5.82 Å². The lowest BCUT2D eigenvalue weighted by atomic mass is 10.3. The van der Waals surface area contributed by atoms with E-state index in [1.54, 1.807) is 0 Å². The Balaban J connectivity index is 3.02. The molecule has 12 heavy (non-hydrogen) atoms. The molecule has 4 heteroatoms. The standard InChI is InChI=1S/C8H3F2NO/c9-5-3-1-2-4-6(10)8(12)11-7(4)5/h1-3H. The fourth-order valence-corrected chi connectivity index (χ4v) is 1.07. The van der Waals surface area contributed by atoms with E-state index in [0.717, 1.165) is 6.07 Å². The van der Waals surface area contributed by atoms with E-state index in [1.165, 1.54) is 12.1 Å². The second kappa shape index (κ2) is 2.20. The molecule has 1 aromatic rings. The van der Waals surface area contributed by atoms with Crippen molar-refractivity contribution in [2.75, 3.05) is 0 Å². The SMILES string of the molecule is O=C1N=c2c(F)cccc2=C1F. The van der Waals surface area contributed by atoms with Gasteiger partial charge in [0, 0.05) is 5.22 Å². The maximum Gasteiger partial charge on any atom is 0.307 e. The van der Waals surface area contributed by atoms with E-state index in [0.29, 0.717) is 0 Å². The number of carbonyl (C=O) groups is 1. The zero-order chi connectivity index (χ0) is 8.72. The molecule has 1 heterocycles. The minimum Gasteiger partial charge on any atom is -0.264 e. The van der Waals surface area contributed by atoms with Crippen LogP contribution in [0.4, 0.5) is 8.78 Å². The van der Waals surface area contributed by atoms with Crippen molar-refractivity contribution >= 4 is 11.7 Å². The smallest absolute Gasteiger partial charge is 0.264 e. The fraction of sp³-hybridized carbons (Fsp3) is 0.